The van der Waals surface area contributed by atoms with Gasteiger partial charge in [-0.2, -0.15) is 0 Å². The fourth-order valence-corrected chi connectivity index (χ4v) is 2.62. The number of hydrogen-bond donors (Lipinski definition) is 0. The normalized spacial score (nSPS) is 23.6. The van der Waals surface area contributed by atoms with E-state index in [-0.39, 0.29) is 0 Å². The molecule has 1 aromatic rings. The molecule has 20 heavy (non-hydrogen) atoms. The number of rotatable bonds is 6. The smallest absolute Gasteiger partial charge is 0.119 e. The topological polar surface area (TPSA) is 30.9 Å². The van der Waals surface area contributed by atoms with Gasteiger partial charge in [0.15, 0.2) is 0 Å². The predicted molar refractivity (Wildman–Crippen MR) is 79.6 cm³/mol. The third-order valence-corrected chi connectivity index (χ3v) is 3.44. The van der Waals surface area contributed by atoms with E-state index >= 15 is 0 Å². The summed E-state index contributed by atoms with van der Waals surface area (Å²) >= 11 is 0. The molecule has 0 spiro atoms. The van der Waals surface area contributed by atoms with E-state index in [1.165, 1.54) is 0 Å². The molecular weight excluding hydrogens is 254 g/mol. The molecular formula is C16H25NO3. The summed E-state index contributed by atoms with van der Waals surface area (Å²) in [6.07, 6.45) is 1.70. The van der Waals surface area contributed by atoms with Crippen LogP contribution >= 0.6 is 0 Å². The molecule has 0 saturated carbocycles. The molecule has 2 atom stereocenters. The molecule has 1 aliphatic rings. The predicted octanol–water partition coefficient (Wildman–Crippen LogP) is 2.57. The van der Waals surface area contributed by atoms with Crippen LogP contribution in [-0.4, -0.2) is 50.5 Å². The van der Waals surface area contributed by atoms with Gasteiger partial charge in [0.1, 0.15) is 11.5 Å². The third kappa shape index (κ3) is 4.69. The summed E-state index contributed by atoms with van der Waals surface area (Å²) < 4.78 is 16.6. The van der Waals surface area contributed by atoms with Crippen molar-refractivity contribution in [3.63, 3.8) is 0 Å². The lowest BCUT2D eigenvalue weighted by Gasteiger charge is -2.35. The highest BCUT2D eigenvalue weighted by molar-refractivity contribution is 5.31. The van der Waals surface area contributed by atoms with Gasteiger partial charge in [-0.1, -0.05) is 0 Å². The van der Waals surface area contributed by atoms with Crippen LogP contribution in [0.2, 0.25) is 0 Å². The third-order valence-electron chi connectivity index (χ3n) is 3.44. The van der Waals surface area contributed by atoms with Gasteiger partial charge in [0.2, 0.25) is 0 Å². The van der Waals surface area contributed by atoms with Gasteiger partial charge in [0.25, 0.3) is 0 Å². The lowest BCUT2D eigenvalue weighted by molar-refractivity contribution is -0.0686. The Balaban J connectivity index is 1.65. The standard InChI is InChI=1S/C16H25NO3/c1-13-11-17(12-14(2)20-13)9-4-10-19-16-7-5-15(18-3)6-8-16/h5-8,13-14H,4,9-12H2,1-3H3. The molecule has 112 valence electrons. The van der Waals surface area contributed by atoms with Gasteiger partial charge in [-0.15, -0.1) is 0 Å². The number of ether oxygens (including phenoxy) is 3. The highest BCUT2D eigenvalue weighted by Gasteiger charge is 2.21. The average molecular weight is 279 g/mol. The van der Waals surface area contributed by atoms with Crippen molar-refractivity contribution in [2.75, 3.05) is 33.4 Å². The average Bonchev–Trinajstić information content (AvgIpc) is 2.43. The fourth-order valence-electron chi connectivity index (χ4n) is 2.62. The van der Waals surface area contributed by atoms with Crippen molar-refractivity contribution in [1.82, 2.24) is 4.90 Å². The number of methoxy groups -OCH3 is 1. The minimum absolute atomic E-state index is 0.334. The first-order valence-corrected chi connectivity index (χ1v) is 7.32. The second-order valence-corrected chi connectivity index (χ2v) is 5.39. The van der Waals surface area contributed by atoms with Crippen LogP contribution in [-0.2, 0) is 4.74 Å². The van der Waals surface area contributed by atoms with E-state index < -0.39 is 0 Å². The molecule has 0 N–H and O–H groups in total. The lowest BCUT2D eigenvalue weighted by Crippen LogP contribution is -2.45. The first-order valence-electron chi connectivity index (χ1n) is 7.32. The second-order valence-electron chi connectivity index (χ2n) is 5.39. The van der Waals surface area contributed by atoms with Gasteiger partial charge in [0, 0.05) is 19.6 Å². The van der Waals surface area contributed by atoms with Gasteiger partial charge in [-0.25, -0.2) is 0 Å². The van der Waals surface area contributed by atoms with Gasteiger partial charge < -0.3 is 14.2 Å². The van der Waals surface area contributed by atoms with E-state index in [0.29, 0.717) is 12.2 Å². The number of nitrogens with zero attached hydrogens (tertiary/aromatic N) is 1. The number of hydrogen-bond acceptors (Lipinski definition) is 4. The molecule has 0 radical (unpaired) electrons. The van der Waals surface area contributed by atoms with Crippen molar-refractivity contribution in [3.05, 3.63) is 24.3 Å². The molecule has 0 bridgehead atoms. The van der Waals surface area contributed by atoms with Crippen LogP contribution in [0.3, 0.4) is 0 Å². The zero-order valence-electron chi connectivity index (χ0n) is 12.7. The maximum atomic E-state index is 5.74. The molecule has 4 nitrogen and oxygen atoms in total. The van der Waals surface area contributed by atoms with Crippen molar-refractivity contribution in [1.29, 1.82) is 0 Å². The van der Waals surface area contributed by atoms with Crippen molar-refractivity contribution in [3.8, 4) is 11.5 Å². The minimum Gasteiger partial charge on any atom is -0.497 e. The van der Waals surface area contributed by atoms with Crippen LogP contribution in [0.4, 0.5) is 0 Å². The van der Waals surface area contributed by atoms with Crippen molar-refractivity contribution in [2.45, 2.75) is 32.5 Å². The lowest BCUT2D eigenvalue weighted by atomic mass is 10.2. The molecule has 1 aliphatic heterocycles. The Labute approximate surface area is 121 Å². The van der Waals surface area contributed by atoms with E-state index in [1.807, 2.05) is 24.3 Å². The van der Waals surface area contributed by atoms with Gasteiger partial charge in [-0.3, -0.25) is 4.90 Å². The Hall–Kier alpha value is -1.26. The molecule has 1 heterocycles. The zero-order valence-corrected chi connectivity index (χ0v) is 12.7. The van der Waals surface area contributed by atoms with Crippen molar-refractivity contribution in [2.24, 2.45) is 0 Å². The van der Waals surface area contributed by atoms with Crippen LogP contribution < -0.4 is 9.47 Å². The monoisotopic (exact) mass is 279 g/mol. The maximum absolute atomic E-state index is 5.74. The highest BCUT2D eigenvalue weighted by atomic mass is 16.5. The molecule has 0 aliphatic carbocycles. The molecule has 4 heteroatoms. The van der Waals surface area contributed by atoms with Gasteiger partial charge in [-0.05, 0) is 44.5 Å². The van der Waals surface area contributed by atoms with E-state index in [4.69, 9.17) is 14.2 Å². The summed E-state index contributed by atoms with van der Waals surface area (Å²) in [5.41, 5.74) is 0. The Morgan fingerprint density at radius 1 is 1.10 bits per heavy atom. The van der Waals surface area contributed by atoms with Gasteiger partial charge >= 0.3 is 0 Å². The first kappa shape index (κ1) is 15.1. The molecule has 1 fully saturated rings. The van der Waals surface area contributed by atoms with Crippen LogP contribution in [0, 0.1) is 0 Å². The summed E-state index contributed by atoms with van der Waals surface area (Å²) in [5.74, 6) is 1.75. The Morgan fingerprint density at radius 3 is 2.30 bits per heavy atom. The van der Waals surface area contributed by atoms with Crippen LogP contribution in [0.25, 0.3) is 0 Å². The molecule has 0 amide bonds. The largest absolute Gasteiger partial charge is 0.497 e. The zero-order chi connectivity index (χ0) is 14.4. The molecule has 0 aromatic heterocycles. The van der Waals surface area contributed by atoms with E-state index in [2.05, 4.69) is 18.7 Å². The summed E-state index contributed by atoms with van der Waals surface area (Å²) in [4.78, 5) is 2.45. The van der Waals surface area contributed by atoms with Crippen molar-refractivity contribution >= 4 is 0 Å². The number of morpholine rings is 1. The highest BCUT2D eigenvalue weighted by Crippen LogP contribution is 2.17. The molecule has 1 saturated heterocycles. The molecule has 2 rings (SSSR count). The SMILES string of the molecule is COc1ccc(OCCCN2CC(C)OC(C)C2)cc1. The summed E-state index contributed by atoms with van der Waals surface area (Å²) in [6, 6.07) is 7.72. The summed E-state index contributed by atoms with van der Waals surface area (Å²) in [7, 11) is 1.67. The Kier molecular flexibility index (Phi) is 5.68. The second kappa shape index (κ2) is 7.50. The van der Waals surface area contributed by atoms with Gasteiger partial charge in [0.05, 0.1) is 25.9 Å². The van der Waals surface area contributed by atoms with E-state index in [9.17, 15) is 0 Å². The van der Waals surface area contributed by atoms with E-state index in [0.717, 1.165) is 44.2 Å². The Morgan fingerprint density at radius 2 is 1.70 bits per heavy atom. The Bertz CT molecular complexity index is 383. The molecule has 2 unspecified atom stereocenters. The number of benzene rings is 1. The molecule has 1 aromatic carbocycles. The first-order chi connectivity index (χ1) is 9.67. The maximum Gasteiger partial charge on any atom is 0.119 e. The quantitative estimate of drug-likeness (QED) is 0.749. The van der Waals surface area contributed by atoms with E-state index in [1.54, 1.807) is 7.11 Å². The van der Waals surface area contributed by atoms with Crippen molar-refractivity contribution < 1.29 is 14.2 Å². The summed E-state index contributed by atoms with van der Waals surface area (Å²) in [6.45, 7) is 8.12. The van der Waals surface area contributed by atoms with Crippen LogP contribution in [0.15, 0.2) is 24.3 Å². The fraction of sp³-hybridized carbons (Fsp3) is 0.625. The van der Waals surface area contributed by atoms with Crippen LogP contribution in [0.5, 0.6) is 11.5 Å². The minimum atomic E-state index is 0.334. The van der Waals surface area contributed by atoms with Crippen LogP contribution in [0.1, 0.15) is 20.3 Å². The summed E-state index contributed by atoms with van der Waals surface area (Å²) in [5, 5.41) is 0.